The Morgan fingerprint density at radius 1 is 1.64 bits per heavy atom. The molecule has 0 aliphatic carbocycles. The van der Waals surface area contributed by atoms with E-state index in [9.17, 15) is 4.79 Å². The van der Waals surface area contributed by atoms with Gasteiger partial charge in [-0.15, -0.1) is 0 Å². The lowest BCUT2D eigenvalue weighted by molar-refractivity contribution is -0.125. The van der Waals surface area contributed by atoms with E-state index < -0.39 is 5.54 Å². The van der Waals surface area contributed by atoms with E-state index in [2.05, 4.69) is 5.10 Å². The Morgan fingerprint density at radius 2 is 2.27 bits per heavy atom. The maximum absolute atomic E-state index is 10.9. The van der Waals surface area contributed by atoms with Crippen molar-refractivity contribution in [1.29, 1.82) is 0 Å². The van der Waals surface area contributed by atoms with E-state index in [1.807, 2.05) is 0 Å². The molecule has 1 aromatic rings. The second kappa shape index (κ2) is 2.38. The van der Waals surface area contributed by atoms with Crippen LogP contribution in [0.25, 0.3) is 0 Å². The zero-order valence-corrected chi connectivity index (χ0v) is 6.61. The lowest BCUT2D eigenvalue weighted by Gasteiger charge is -2.20. The van der Waals surface area contributed by atoms with Gasteiger partial charge in [-0.25, -0.2) is 0 Å². The standard InChI is InChI=1S/C7H11N3O/c1-7(2,6(8)11)10-5-3-4-9-10/h3-5H,1-2H3,(H2,8,11). The monoisotopic (exact) mass is 153 g/mol. The summed E-state index contributed by atoms with van der Waals surface area (Å²) in [6.07, 6.45) is 3.33. The second-order valence-corrected chi connectivity index (χ2v) is 2.87. The average Bonchev–Trinajstić information content (AvgIpc) is 2.37. The summed E-state index contributed by atoms with van der Waals surface area (Å²) in [6, 6.07) is 1.75. The summed E-state index contributed by atoms with van der Waals surface area (Å²) in [5, 5.41) is 3.92. The van der Waals surface area contributed by atoms with Gasteiger partial charge in [0.1, 0.15) is 5.54 Å². The molecule has 0 saturated heterocycles. The summed E-state index contributed by atoms with van der Waals surface area (Å²) in [5.74, 6) is -0.388. The SMILES string of the molecule is CC(C)(C(N)=O)n1cccn1. The van der Waals surface area contributed by atoms with Crippen LogP contribution in [0.5, 0.6) is 0 Å². The summed E-state index contributed by atoms with van der Waals surface area (Å²) in [5.41, 5.74) is 4.43. The predicted octanol–water partition coefficient (Wildman–Crippen LogP) is 0.103. The Labute approximate surface area is 65.0 Å². The van der Waals surface area contributed by atoms with Gasteiger partial charge in [-0.05, 0) is 19.9 Å². The molecule has 0 fully saturated rings. The summed E-state index contributed by atoms with van der Waals surface area (Å²) >= 11 is 0. The van der Waals surface area contributed by atoms with Crippen molar-refractivity contribution in [2.24, 2.45) is 5.73 Å². The first-order chi connectivity index (χ1) is 5.05. The number of hydrogen-bond donors (Lipinski definition) is 1. The van der Waals surface area contributed by atoms with Crippen molar-refractivity contribution in [3.63, 3.8) is 0 Å². The molecule has 2 N–H and O–H groups in total. The fourth-order valence-corrected chi connectivity index (χ4v) is 0.712. The first-order valence-corrected chi connectivity index (χ1v) is 3.35. The number of carbonyl (C=O) groups is 1. The molecule has 11 heavy (non-hydrogen) atoms. The summed E-state index contributed by atoms with van der Waals surface area (Å²) < 4.78 is 1.54. The molecular formula is C7H11N3O. The normalized spacial score (nSPS) is 11.5. The number of amides is 1. The third kappa shape index (κ3) is 1.24. The summed E-state index contributed by atoms with van der Waals surface area (Å²) in [4.78, 5) is 10.9. The molecule has 0 bridgehead atoms. The van der Waals surface area contributed by atoms with Crippen LogP contribution in [-0.4, -0.2) is 15.7 Å². The van der Waals surface area contributed by atoms with Crippen molar-refractivity contribution in [3.8, 4) is 0 Å². The maximum atomic E-state index is 10.9. The summed E-state index contributed by atoms with van der Waals surface area (Å²) in [7, 11) is 0. The molecule has 0 spiro atoms. The molecule has 1 rings (SSSR count). The Balaban J connectivity index is 3.00. The second-order valence-electron chi connectivity index (χ2n) is 2.87. The smallest absolute Gasteiger partial charge is 0.244 e. The molecular weight excluding hydrogens is 142 g/mol. The van der Waals surface area contributed by atoms with Gasteiger partial charge in [-0.1, -0.05) is 0 Å². The summed E-state index contributed by atoms with van der Waals surface area (Å²) in [6.45, 7) is 3.45. The van der Waals surface area contributed by atoms with Crippen LogP contribution in [0.4, 0.5) is 0 Å². The topological polar surface area (TPSA) is 60.9 Å². The fourth-order valence-electron chi connectivity index (χ4n) is 0.712. The number of nitrogens with zero attached hydrogens (tertiary/aromatic N) is 2. The maximum Gasteiger partial charge on any atom is 0.244 e. The van der Waals surface area contributed by atoms with E-state index in [0.717, 1.165) is 0 Å². The van der Waals surface area contributed by atoms with Crippen LogP contribution in [0.15, 0.2) is 18.5 Å². The minimum Gasteiger partial charge on any atom is -0.368 e. The average molecular weight is 153 g/mol. The van der Waals surface area contributed by atoms with Gasteiger partial charge in [0, 0.05) is 12.4 Å². The highest BCUT2D eigenvalue weighted by Gasteiger charge is 2.26. The molecule has 0 radical (unpaired) electrons. The van der Waals surface area contributed by atoms with Gasteiger partial charge in [-0.2, -0.15) is 5.10 Å². The Hall–Kier alpha value is -1.32. The molecule has 1 heterocycles. The number of nitrogens with two attached hydrogens (primary N) is 1. The van der Waals surface area contributed by atoms with Crippen LogP contribution in [0, 0.1) is 0 Å². The highest BCUT2D eigenvalue weighted by molar-refractivity contribution is 5.81. The van der Waals surface area contributed by atoms with Gasteiger partial charge in [-0.3, -0.25) is 9.48 Å². The van der Waals surface area contributed by atoms with Crippen molar-refractivity contribution in [2.45, 2.75) is 19.4 Å². The first-order valence-electron chi connectivity index (χ1n) is 3.35. The molecule has 1 aromatic heterocycles. The highest BCUT2D eigenvalue weighted by Crippen LogP contribution is 2.11. The number of carbonyl (C=O) groups excluding carboxylic acids is 1. The molecule has 0 aliphatic heterocycles. The molecule has 0 aliphatic rings. The van der Waals surface area contributed by atoms with Crippen molar-refractivity contribution >= 4 is 5.91 Å². The van der Waals surface area contributed by atoms with Gasteiger partial charge >= 0.3 is 0 Å². The van der Waals surface area contributed by atoms with Gasteiger partial charge in [0.25, 0.3) is 0 Å². The molecule has 0 aromatic carbocycles. The highest BCUT2D eigenvalue weighted by atomic mass is 16.1. The van der Waals surface area contributed by atoms with Crippen LogP contribution in [0.3, 0.4) is 0 Å². The molecule has 1 amide bonds. The number of primary amides is 1. The van der Waals surface area contributed by atoms with E-state index in [-0.39, 0.29) is 5.91 Å². The third-order valence-electron chi connectivity index (χ3n) is 1.68. The zero-order valence-electron chi connectivity index (χ0n) is 6.61. The van der Waals surface area contributed by atoms with Crippen LogP contribution in [0.1, 0.15) is 13.8 Å². The lowest BCUT2D eigenvalue weighted by Crippen LogP contribution is -2.41. The Kier molecular flexibility index (Phi) is 1.68. The lowest BCUT2D eigenvalue weighted by atomic mass is 10.1. The minimum absolute atomic E-state index is 0.388. The Bertz CT molecular complexity index is 251. The van der Waals surface area contributed by atoms with E-state index in [0.29, 0.717) is 0 Å². The van der Waals surface area contributed by atoms with E-state index in [1.54, 1.807) is 32.3 Å². The van der Waals surface area contributed by atoms with Crippen LogP contribution >= 0.6 is 0 Å². The third-order valence-corrected chi connectivity index (χ3v) is 1.68. The van der Waals surface area contributed by atoms with Crippen molar-refractivity contribution in [2.75, 3.05) is 0 Å². The molecule has 4 heteroatoms. The minimum atomic E-state index is -0.733. The van der Waals surface area contributed by atoms with Crippen molar-refractivity contribution in [3.05, 3.63) is 18.5 Å². The van der Waals surface area contributed by atoms with Gasteiger partial charge < -0.3 is 5.73 Å². The predicted molar refractivity (Wildman–Crippen MR) is 40.7 cm³/mol. The number of rotatable bonds is 2. The number of hydrogen-bond acceptors (Lipinski definition) is 2. The van der Waals surface area contributed by atoms with Gasteiger partial charge in [0.2, 0.25) is 5.91 Å². The van der Waals surface area contributed by atoms with Crippen LogP contribution in [-0.2, 0) is 10.3 Å². The van der Waals surface area contributed by atoms with Gasteiger partial charge in [0.05, 0.1) is 0 Å². The molecule has 0 saturated carbocycles. The van der Waals surface area contributed by atoms with Crippen molar-refractivity contribution < 1.29 is 4.79 Å². The van der Waals surface area contributed by atoms with E-state index in [4.69, 9.17) is 5.73 Å². The van der Waals surface area contributed by atoms with Crippen molar-refractivity contribution in [1.82, 2.24) is 9.78 Å². The van der Waals surface area contributed by atoms with E-state index >= 15 is 0 Å². The fraction of sp³-hybridized carbons (Fsp3) is 0.429. The van der Waals surface area contributed by atoms with Crippen LogP contribution in [0.2, 0.25) is 0 Å². The van der Waals surface area contributed by atoms with Gasteiger partial charge in [0.15, 0.2) is 0 Å². The largest absolute Gasteiger partial charge is 0.368 e. The molecule has 60 valence electrons. The van der Waals surface area contributed by atoms with E-state index in [1.165, 1.54) is 4.68 Å². The zero-order chi connectivity index (χ0) is 8.48. The molecule has 0 unspecified atom stereocenters. The first kappa shape index (κ1) is 7.78. The number of aromatic nitrogens is 2. The quantitative estimate of drug-likeness (QED) is 0.655. The molecule has 0 atom stereocenters. The molecule has 4 nitrogen and oxygen atoms in total. The van der Waals surface area contributed by atoms with Crippen LogP contribution < -0.4 is 5.73 Å². The Morgan fingerprint density at radius 3 is 2.64 bits per heavy atom.